The van der Waals surface area contributed by atoms with E-state index in [9.17, 15) is 4.79 Å². The van der Waals surface area contributed by atoms with Crippen LogP contribution < -0.4 is 4.90 Å². The van der Waals surface area contributed by atoms with Crippen molar-refractivity contribution in [3.05, 3.63) is 59.4 Å². The van der Waals surface area contributed by atoms with Gasteiger partial charge >= 0.3 is 0 Å². The van der Waals surface area contributed by atoms with E-state index in [2.05, 4.69) is 49.1 Å². The maximum atomic E-state index is 13.3. The lowest BCUT2D eigenvalue weighted by Crippen LogP contribution is -2.39. The highest BCUT2D eigenvalue weighted by Crippen LogP contribution is 2.40. The maximum Gasteiger partial charge on any atom is 0.231 e. The van der Waals surface area contributed by atoms with E-state index in [0.717, 1.165) is 49.7 Å². The average Bonchev–Trinajstić information content (AvgIpc) is 3.18. The molecule has 1 aromatic carbocycles. The number of amides is 1. The van der Waals surface area contributed by atoms with Gasteiger partial charge in [-0.25, -0.2) is 0 Å². The molecule has 0 spiro atoms. The lowest BCUT2D eigenvalue weighted by molar-refractivity contribution is -0.122. The molecule has 0 N–H and O–H groups in total. The zero-order valence-corrected chi connectivity index (χ0v) is 15.9. The smallest absolute Gasteiger partial charge is 0.231 e. The topological polar surface area (TPSA) is 36.4 Å². The SMILES string of the molecule is Cc1ccc2c(n1)C(C)(C)CN2C(=O)C1CCN(Cc2ccccc2)C1. The van der Waals surface area contributed by atoms with Crippen molar-refractivity contribution in [2.24, 2.45) is 5.92 Å². The molecule has 26 heavy (non-hydrogen) atoms. The first-order valence-electron chi connectivity index (χ1n) is 9.50. The molecule has 4 heteroatoms. The third kappa shape index (κ3) is 3.14. The van der Waals surface area contributed by atoms with Crippen molar-refractivity contribution in [3.8, 4) is 0 Å². The van der Waals surface area contributed by atoms with Gasteiger partial charge in [0.25, 0.3) is 0 Å². The van der Waals surface area contributed by atoms with Crippen molar-refractivity contribution in [3.63, 3.8) is 0 Å². The van der Waals surface area contributed by atoms with Gasteiger partial charge in [-0.2, -0.15) is 0 Å². The van der Waals surface area contributed by atoms with Crippen LogP contribution in [0.3, 0.4) is 0 Å². The number of aryl methyl sites for hydroxylation is 1. The van der Waals surface area contributed by atoms with Crippen LogP contribution in [0.1, 0.15) is 37.2 Å². The molecule has 0 saturated carbocycles. The fourth-order valence-corrected chi connectivity index (χ4v) is 4.26. The van der Waals surface area contributed by atoms with E-state index >= 15 is 0 Å². The molecule has 1 fully saturated rings. The average molecular weight is 349 g/mol. The van der Waals surface area contributed by atoms with Crippen molar-refractivity contribution in [1.29, 1.82) is 0 Å². The second kappa shape index (κ2) is 6.51. The second-order valence-electron chi connectivity index (χ2n) is 8.33. The molecule has 1 amide bonds. The van der Waals surface area contributed by atoms with Gasteiger partial charge in [0.2, 0.25) is 5.91 Å². The van der Waals surface area contributed by atoms with Gasteiger partial charge in [-0.15, -0.1) is 0 Å². The Morgan fingerprint density at radius 3 is 2.73 bits per heavy atom. The molecule has 136 valence electrons. The number of fused-ring (bicyclic) bond motifs is 1. The Kier molecular flexibility index (Phi) is 4.31. The van der Waals surface area contributed by atoms with Crippen LogP contribution in [-0.4, -0.2) is 35.4 Å². The zero-order chi connectivity index (χ0) is 18.3. The maximum absolute atomic E-state index is 13.3. The van der Waals surface area contributed by atoms with Crippen molar-refractivity contribution in [1.82, 2.24) is 9.88 Å². The van der Waals surface area contributed by atoms with Gasteiger partial charge in [0, 0.05) is 30.7 Å². The monoisotopic (exact) mass is 349 g/mol. The van der Waals surface area contributed by atoms with Gasteiger partial charge < -0.3 is 4.90 Å². The molecule has 3 heterocycles. The number of hydrogen-bond donors (Lipinski definition) is 0. The molecule has 0 radical (unpaired) electrons. The van der Waals surface area contributed by atoms with E-state index in [0.29, 0.717) is 0 Å². The summed E-state index contributed by atoms with van der Waals surface area (Å²) < 4.78 is 0. The molecule has 2 aliphatic heterocycles. The summed E-state index contributed by atoms with van der Waals surface area (Å²) in [6, 6.07) is 14.6. The number of hydrogen-bond acceptors (Lipinski definition) is 3. The summed E-state index contributed by atoms with van der Waals surface area (Å²) in [4.78, 5) is 22.4. The highest BCUT2D eigenvalue weighted by molar-refractivity contribution is 5.97. The summed E-state index contributed by atoms with van der Waals surface area (Å²) >= 11 is 0. The third-order valence-corrected chi connectivity index (χ3v) is 5.64. The minimum atomic E-state index is -0.0840. The van der Waals surface area contributed by atoms with Crippen LogP contribution in [0.2, 0.25) is 0 Å². The number of nitrogens with zero attached hydrogens (tertiary/aromatic N) is 3. The molecule has 0 bridgehead atoms. The molecule has 2 aliphatic rings. The molecule has 0 aliphatic carbocycles. The Balaban J connectivity index is 1.48. The Labute approximate surface area is 155 Å². The predicted octanol–water partition coefficient (Wildman–Crippen LogP) is 3.54. The van der Waals surface area contributed by atoms with Crippen molar-refractivity contribution >= 4 is 11.6 Å². The van der Waals surface area contributed by atoms with Gasteiger partial charge in [0.15, 0.2) is 0 Å². The number of carbonyl (C=O) groups excluding carboxylic acids is 1. The van der Waals surface area contributed by atoms with E-state index in [1.807, 2.05) is 24.0 Å². The van der Waals surface area contributed by atoms with Crippen LogP contribution in [0.15, 0.2) is 42.5 Å². The summed E-state index contributed by atoms with van der Waals surface area (Å²) in [7, 11) is 0. The van der Waals surface area contributed by atoms with Gasteiger partial charge in [-0.1, -0.05) is 44.2 Å². The Bertz CT molecular complexity index is 815. The van der Waals surface area contributed by atoms with E-state index < -0.39 is 0 Å². The van der Waals surface area contributed by atoms with Crippen LogP contribution in [0.25, 0.3) is 0 Å². The Morgan fingerprint density at radius 1 is 1.19 bits per heavy atom. The number of pyridine rings is 1. The first-order chi connectivity index (χ1) is 12.4. The molecule has 2 aromatic rings. The molecular weight excluding hydrogens is 322 g/mol. The van der Waals surface area contributed by atoms with E-state index in [4.69, 9.17) is 4.98 Å². The van der Waals surface area contributed by atoms with Gasteiger partial charge in [0.05, 0.1) is 17.3 Å². The second-order valence-corrected chi connectivity index (χ2v) is 8.33. The third-order valence-electron chi connectivity index (χ3n) is 5.64. The Morgan fingerprint density at radius 2 is 1.96 bits per heavy atom. The molecule has 4 nitrogen and oxygen atoms in total. The predicted molar refractivity (Wildman–Crippen MR) is 104 cm³/mol. The fraction of sp³-hybridized carbons (Fsp3) is 0.455. The minimum Gasteiger partial charge on any atom is -0.309 e. The normalized spacial score (nSPS) is 21.8. The summed E-state index contributed by atoms with van der Waals surface area (Å²) in [6.07, 6.45) is 0.942. The van der Waals surface area contributed by atoms with Crippen LogP contribution in [-0.2, 0) is 16.8 Å². The minimum absolute atomic E-state index is 0.0840. The molecule has 1 atom stereocenters. The van der Waals surface area contributed by atoms with Crippen LogP contribution in [0.5, 0.6) is 0 Å². The summed E-state index contributed by atoms with van der Waals surface area (Å²) in [5, 5.41) is 0. The number of rotatable bonds is 3. The summed E-state index contributed by atoms with van der Waals surface area (Å²) in [6.45, 7) is 9.87. The molecule has 1 saturated heterocycles. The number of anilines is 1. The lowest BCUT2D eigenvalue weighted by atomic mass is 9.91. The largest absolute Gasteiger partial charge is 0.309 e. The van der Waals surface area contributed by atoms with Gasteiger partial charge in [-0.3, -0.25) is 14.7 Å². The van der Waals surface area contributed by atoms with Crippen LogP contribution in [0, 0.1) is 12.8 Å². The number of likely N-dealkylation sites (tertiary alicyclic amines) is 1. The highest BCUT2D eigenvalue weighted by Gasteiger charge is 2.42. The molecular formula is C22H27N3O. The van der Waals surface area contributed by atoms with Crippen LogP contribution >= 0.6 is 0 Å². The number of aromatic nitrogens is 1. The Hall–Kier alpha value is -2.20. The molecule has 4 rings (SSSR count). The highest BCUT2D eigenvalue weighted by atomic mass is 16.2. The number of carbonyl (C=O) groups is 1. The zero-order valence-electron chi connectivity index (χ0n) is 15.9. The fourth-order valence-electron chi connectivity index (χ4n) is 4.26. The standard InChI is InChI=1S/C22H27N3O/c1-16-9-10-19-20(23-16)22(2,3)15-25(19)21(26)18-11-12-24(14-18)13-17-7-5-4-6-8-17/h4-10,18H,11-15H2,1-3H3. The van der Waals surface area contributed by atoms with Crippen molar-refractivity contribution < 1.29 is 4.79 Å². The number of benzene rings is 1. The molecule has 1 aromatic heterocycles. The first-order valence-corrected chi connectivity index (χ1v) is 9.50. The van der Waals surface area contributed by atoms with Crippen LogP contribution in [0.4, 0.5) is 5.69 Å². The van der Waals surface area contributed by atoms with E-state index in [1.54, 1.807) is 0 Å². The van der Waals surface area contributed by atoms with E-state index in [1.165, 1.54) is 5.56 Å². The van der Waals surface area contributed by atoms with Gasteiger partial charge in [0.1, 0.15) is 0 Å². The summed E-state index contributed by atoms with van der Waals surface area (Å²) in [5.74, 6) is 0.347. The van der Waals surface area contributed by atoms with Crippen molar-refractivity contribution in [2.75, 3.05) is 24.5 Å². The van der Waals surface area contributed by atoms with E-state index in [-0.39, 0.29) is 17.2 Å². The van der Waals surface area contributed by atoms with Gasteiger partial charge in [-0.05, 0) is 37.6 Å². The lowest BCUT2D eigenvalue weighted by Gasteiger charge is -2.23. The first kappa shape index (κ1) is 17.2. The quantitative estimate of drug-likeness (QED) is 0.850. The summed E-state index contributed by atoms with van der Waals surface area (Å²) in [5.41, 5.74) is 4.31. The molecule has 1 unspecified atom stereocenters. The van der Waals surface area contributed by atoms with Crippen molar-refractivity contribution in [2.45, 2.75) is 39.2 Å².